The molecular formula is C4H7F2NO4S. The van der Waals surface area contributed by atoms with Gasteiger partial charge >= 0.3 is 5.76 Å². The maximum atomic E-state index is 11.6. The summed E-state index contributed by atoms with van der Waals surface area (Å²) >= 11 is 0. The first kappa shape index (κ1) is 11.2. The van der Waals surface area contributed by atoms with E-state index < -0.39 is 27.8 Å². The highest BCUT2D eigenvalue weighted by Crippen LogP contribution is 2.01. The number of rotatable bonds is 3. The summed E-state index contributed by atoms with van der Waals surface area (Å²) in [6.07, 6.45) is -1.64. The van der Waals surface area contributed by atoms with Gasteiger partial charge in [0.1, 0.15) is 6.10 Å². The zero-order valence-electron chi connectivity index (χ0n) is 5.99. The molecular weight excluding hydrogens is 196 g/mol. The molecule has 1 atom stereocenters. The Morgan fingerprint density at radius 3 is 2.17 bits per heavy atom. The molecule has 8 heteroatoms. The van der Waals surface area contributed by atoms with Gasteiger partial charge in [-0.25, -0.2) is 13.1 Å². The Balaban J connectivity index is 4.38. The molecule has 0 saturated heterocycles. The normalized spacial score (nSPS) is 14.4. The van der Waals surface area contributed by atoms with E-state index in [0.717, 1.165) is 11.6 Å². The van der Waals surface area contributed by atoms with E-state index in [1.54, 1.807) is 0 Å². The number of aliphatic hydroxyl groups excluding tert-OH is 1. The molecule has 0 rings (SSSR count). The molecule has 0 bridgehead atoms. The maximum absolute atomic E-state index is 11.6. The first-order chi connectivity index (χ1) is 5.27. The SMILES string of the molecule is CC(O)C(=O)NS(=O)(=O)C(F)F. The van der Waals surface area contributed by atoms with Crippen molar-refractivity contribution in [2.45, 2.75) is 18.8 Å². The standard InChI is InChI=1S/C4H7F2NO4S/c1-2(8)3(9)7-12(10,11)4(5)6/h2,4,8H,1H3,(H,7,9). The van der Waals surface area contributed by atoms with E-state index in [0.29, 0.717) is 0 Å². The molecule has 0 fully saturated rings. The highest BCUT2D eigenvalue weighted by molar-refractivity contribution is 7.90. The van der Waals surface area contributed by atoms with Crippen LogP contribution in [0.15, 0.2) is 0 Å². The van der Waals surface area contributed by atoms with Crippen LogP contribution in [0.4, 0.5) is 8.78 Å². The van der Waals surface area contributed by atoms with Gasteiger partial charge in [0.05, 0.1) is 0 Å². The summed E-state index contributed by atoms with van der Waals surface area (Å²) in [7, 11) is -4.94. The van der Waals surface area contributed by atoms with E-state index in [1.807, 2.05) is 0 Å². The third-order valence-electron chi connectivity index (χ3n) is 0.857. The maximum Gasteiger partial charge on any atom is 0.355 e. The summed E-state index contributed by atoms with van der Waals surface area (Å²) < 4.78 is 44.6. The summed E-state index contributed by atoms with van der Waals surface area (Å²) in [4.78, 5) is 10.4. The fraction of sp³-hybridized carbons (Fsp3) is 0.750. The van der Waals surface area contributed by atoms with Gasteiger partial charge in [0, 0.05) is 0 Å². The van der Waals surface area contributed by atoms with E-state index in [1.165, 1.54) is 0 Å². The van der Waals surface area contributed by atoms with Crippen LogP contribution in [0.25, 0.3) is 0 Å². The third-order valence-corrected chi connectivity index (χ3v) is 1.81. The van der Waals surface area contributed by atoms with Crippen LogP contribution in [-0.4, -0.2) is 31.3 Å². The molecule has 1 amide bonds. The van der Waals surface area contributed by atoms with E-state index in [9.17, 15) is 22.0 Å². The first-order valence-electron chi connectivity index (χ1n) is 2.79. The molecule has 12 heavy (non-hydrogen) atoms. The van der Waals surface area contributed by atoms with Gasteiger partial charge in [-0.05, 0) is 6.92 Å². The fourth-order valence-electron chi connectivity index (χ4n) is 0.270. The van der Waals surface area contributed by atoms with Crippen molar-refractivity contribution in [3.63, 3.8) is 0 Å². The molecule has 0 aliphatic heterocycles. The second-order valence-electron chi connectivity index (χ2n) is 1.95. The molecule has 0 heterocycles. The molecule has 0 aromatic carbocycles. The summed E-state index contributed by atoms with van der Waals surface area (Å²) in [5.74, 6) is -5.06. The molecule has 0 aromatic heterocycles. The first-order valence-corrected chi connectivity index (χ1v) is 4.33. The summed E-state index contributed by atoms with van der Waals surface area (Å²) in [5.41, 5.74) is 0. The molecule has 1 unspecified atom stereocenters. The third kappa shape index (κ3) is 3.09. The molecule has 2 N–H and O–H groups in total. The minimum atomic E-state index is -4.94. The number of sulfonamides is 1. The second-order valence-corrected chi connectivity index (χ2v) is 3.60. The summed E-state index contributed by atoms with van der Waals surface area (Å²) in [6, 6.07) is 0. The average Bonchev–Trinajstić information content (AvgIpc) is 1.85. The fourth-order valence-corrected chi connectivity index (χ4v) is 0.810. The zero-order valence-corrected chi connectivity index (χ0v) is 6.81. The minimum absolute atomic E-state index is 0.955. The number of hydrogen-bond acceptors (Lipinski definition) is 4. The average molecular weight is 203 g/mol. The Bertz CT molecular complexity index is 260. The number of carbonyl (C=O) groups excluding carboxylic acids is 1. The van der Waals surface area contributed by atoms with Gasteiger partial charge in [-0.3, -0.25) is 4.79 Å². The lowest BCUT2D eigenvalue weighted by Gasteiger charge is -2.06. The Morgan fingerprint density at radius 2 is 1.92 bits per heavy atom. The molecule has 5 nitrogen and oxygen atoms in total. The van der Waals surface area contributed by atoms with Crippen LogP contribution >= 0.6 is 0 Å². The van der Waals surface area contributed by atoms with Crippen molar-refractivity contribution in [1.82, 2.24) is 4.72 Å². The minimum Gasteiger partial charge on any atom is -0.384 e. The zero-order chi connectivity index (χ0) is 9.94. The lowest BCUT2D eigenvalue weighted by Crippen LogP contribution is -2.40. The van der Waals surface area contributed by atoms with Gasteiger partial charge in [0.25, 0.3) is 15.9 Å². The molecule has 72 valence electrons. The van der Waals surface area contributed by atoms with E-state index in [-0.39, 0.29) is 0 Å². The van der Waals surface area contributed by atoms with Crippen molar-refractivity contribution in [3.05, 3.63) is 0 Å². The molecule has 0 aliphatic carbocycles. The van der Waals surface area contributed by atoms with Crippen LogP contribution in [0, 0.1) is 0 Å². The number of aliphatic hydroxyl groups is 1. The van der Waals surface area contributed by atoms with Crippen molar-refractivity contribution in [1.29, 1.82) is 0 Å². The number of nitrogens with one attached hydrogen (secondary N) is 1. The number of amides is 1. The van der Waals surface area contributed by atoms with Crippen LogP contribution in [0.3, 0.4) is 0 Å². The lowest BCUT2D eigenvalue weighted by atomic mass is 10.4. The molecule has 0 saturated carbocycles. The van der Waals surface area contributed by atoms with Crippen molar-refractivity contribution >= 4 is 15.9 Å². The van der Waals surface area contributed by atoms with Gasteiger partial charge < -0.3 is 5.11 Å². The molecule has 0 spiro atoms. The van der Waals surface area contributed by atoms with Crippen LogP contribution in [0.5, 0.6) is 0 Å². The monoisotopic (exact) mass is 203 g/mol. The lowest BCUT2D eigenvalue weighted by molar-refractivity contribution is -0.126. The van der Waals surface area contributed by atoms with E-state index >= 15 is 0 Å². The molecule has 0 radical (unpaired) electrons. The predicted molar refractivity (Wildman–Crippen MR) is 34.7 cm³/mol. The van der Waals surface area contributed by atoms with E-state index in [4.69, 9.17) is 5.11 Å². The number of halogens is 2. The second kappa shape index (κ2) is 3.76. The Kier molecular flexibility index (Phi) is 3.53. The number of hydrogen-bond donors (Lipinski definition) is 2. The molecule has 0 aromatic rings. The van der Waals surface area contributed by atoms with Gasteiger partial charge in [-0.15, -0.1) is 0 Å². The molecule has 0 aliphatic rings. The Morgan fingerprint density at radius 1 is 1.50 bits per heavy atom. The summed E-state index contributed by atoms with van der Waals surface area (Å²) in [6.45, 7) is 0.955. The van der Waals surface area contributed by atoms with Crippen LogP contribution in [0.1, 0.15) is 6.92 Å². The van der Waals surface area contributed by atoms with Crippen molar-refractivity contribution in [2.24, 2.45) is 0 Å². The highest BCUT2D eigenvalue weighted by Gasteiger charge is 2.27. The van der Waals surface area contributed by atoms with Crippen LogP contribution in [-0.2, 0) is 14.8 Å². The van der Waals surface area contributed by atoms with E-state index in [2.05, 4.69) is 0 Å². The quantitative estimate of drug-likeness (QED) is 0.618. The largest absolute Gasteiger partial charge is 0.384 e. The van der Waals surface area contributed by atoms with Gasteiger partial charge in [-0.1, -0.05) is 0 Å². The van der Waals surface area contributed by atoms with Crippen molar-refractivity contribution < 1.29 is 27.1 Å². The topological polar surface area (TPSA) is 83.5 Å². The van der Waals surface area contributed by atoms with Gasteiger partial charge in [0.15, 0.2) is 0 Å². The Hall–Kier alpha value is -0.760. The summed E-state index contributed by atoms with van der Waals surface area (Å²) in [5, 5.41) is 8.44. The number of carbonyl (C=O) groups is 1. The predicted octanol–water partition coefficient (Wildman–Crippen LogP) is -0.964. The van der Waals surface area contributed by atoms with Crippen LogP contribution in [0.2, 0.25) is 0 Å². The van der Waals surface area contributed by atoms with Crippen molar-refractivity contribution in [3.8, 4) is 0 Å². The van der Waals surface area contributed by atoms with Crippen LogP contribution < -0.4 is 4.72 Å². The highest BCUT2D eigenvalue weighted by atomic mass is 32.2. The Labute approximate surface area is 67.4 Å². The smallest absolute Gasteiger partial charge is 0.355 e. The van der Waals surface area contributed by atoms with Gasteiger partial charge in [0.2, 0.25) is 0 Å². The van der Waals surface area contributed by atoms with Crippen molar-refractivity contribution in [2.75, 3.05) is 0 Å². The number of alkyl halides is 2. The van der Waals surface area contributed by atoms with Gasteiger partial charge in [-0.2, -0.15) is 8.78 Å².